The van der Waals surface area contributed by atoms with E-state index in [1.165, 1.54) is 32.3 Å². The van der Waals surface area contributed by atoms with E-state index in [2.05, 4.69) is 169 Å². The largest absolute Gasteiger partial charge is 0.237 e. The highest BCUT2D eigenvalue weighted by molar-refractivity contribution is 6.25. The van der Waals surface area contributed by atoms with Gasteiger partial charge >= 0.3 is 0 Å². The van der Waals surface area contributed by atoms with Crippen molar-refractivity contribution in [2.75, 3.05) is 0 Å². The van der Waals surface area contributed by atoms with Crippen LogP contribution in [0, 0.1) is 6.92 Å². The lowest BCUT2D eigenvalue weighted by molar-refractivity contribution is 1.11. The van der Waals surface area contributed by atoms with Crippen LogP contribution in [0.25, 0.3) is 99.9 Å². The molecule has 2 aromatic heterocycles. The summed E-state index contributed by atoms with van der Waals surface area (Å²) in [5.74, 6) is 1.37. The zero-order valence-corrected chi connectivity index (χ0v) is 30.2. The third-order valence-electron chi connectivity index (χ3n) is 10.4. The molecule has 0 spiro atoms. The van der Waals surface area contributed by atoms with Crippen molar-refractivity contribution in [3.05, 3.63) is 194 Å². The Morgan fingerprint density at radius 3 is 1.36 bits per heavy atom. The molecule has 10 rings (SSSR count). The Kier molecular flexibility index (Phi) is 8.00. The first-order chi connectivity index (χ1) is 27.1. The number of nitrogens with zero attached hydrogens (tertiary/aromatic N) is 4. The average molecular weight is 703 g/mol. The number of hydrogen-bond acceptors (Lipinski definition) is 4. The molecule has 0 aliphatic rings. The van der Waals surface area contributed by atoms with E-state index < -0.39 is 0 Å². The summed E-state index contributed by atoms with van der Waals surface area (Å²) in [7, 11) is 0. The van der Waals surface area contributed by atoms with Crippen molar-refractivity contribution < 1.29 is 0 Å². The number of fused-ring (bicyclic) bond motifs is 6. The van der Waals surface area contributed by atoms with Crippen LogP contribution in [0.15, 0.2) is 188 Å². The molecule has 0 fully saturated rings. The van der Waals surface area contributed by atoms with E-state index in [9.17, 15) is 0 Å². The molecule has 0 saturated heterocycles. The molecule has 0 unspecified atom stereocenters. The van der Waals surface area contributed by atoms with Gasteiger partial charge in [-0.05, 0) is 104 Å². The maximum Gasteiger partial charge on any atom is 0.160 e. The van der Waals surface area contributed by atoms with Crippen LogP contribution < -0.4 is 0 Å². The van der Waals surface area contributed by atoms with Gasteiger partial charge in [-0.1, -0.05) is 140 Å². The second kappa shape index (κ2) is 13.6. The first-order valence-corrected chi connectivity index (χ1v) is 18.5. The summed E-state index contributed by atoms with van der Waals surface area (Å²) in [5, 5.41) is 7.49. The first-order valence-electron chi connectivity index (χ1n) is 18.5. The number of rotatable bonds is 6. The topological polar surface area (TPSA) is 51.6 Å². The fourth-order valence-electron chi connectivity index (χ4n) is 7.69. The minimum Gasteiger partial charge on any atom is -0.237 e. The van der Waals surface area contributed by atoms with E-state index in [0.29, 0.717) is 11.6 Å². The van der Waals surface area contributed by atoms with Gasteiger partial charge in [0, 0.05) is 34.1 Å². The molecule has 55 heavy (non-hydrogen) atoms. The Morgan fingerprint density at radius 2 is 0.764 bits per heavy atom. The van der Waals surface area contributed by atoms with Gasteiger partial charge in [-0.15, -0.1) is 0 Å². The zero-order valence-electron chi connectivity index (χ0n) is 30.2. The van der Waals surface area contributed by atoms with Crippen molar-refractivity contribution in [2.45, 2.75) is 6.92 Å². The van der Waals surface area contributed by atoms with Gasteiger partial charge in [-0.2, -0.15) is 0 Å². The van der Waals surface area contributed by atoms with Gasteiger partial charge < -0.3 is 0 Å². The number of benzene rings is 8. The van der Waals surface area contributed by atoms with E-state index in [4.69, 9.17) is 15.0 Å². The van der Waals surface area contributed by atoms with Gasteiger partial charge in [0.1, 0.15) is 0 Å². The zero-order chi connectivity index (χ0) is 36.7. The van der Waals surface area contributed by atoms with Crippen molar-refractivity contribution in [1.29, 1.82) is 0 Å². The van der Waals surface area contributed by atoms with Gasteiger partial charge in [0.15, 0.2) is 11.6 Å². The van der Waals surface area contributed by atoms with Crippen LogP contribution in [0.1, 0.15) is 5.69 Å². The smallest absolute Gasteiger partial charge is 0.160 e. The van der Waals surface area contributed by atoms with Crippen molar-refractivity contribution in [2.24, 2.45) is 0 Å². The Hall–Kier alpha value is -7.30. The third kappa shape index (κ3) is 6.10. The van der Waals surface area contributed by atoms with E-state index in [-0.39, 0.29) is 0 Å². The van der Waals surface area contributed by atoms with Crippen molar-refractivity contribution >= 4 is 32.3 Å². The molecule has 0 atom stereocenters. The molecule has 2 heterocycles. The molecule has 0 saturated carbocycles. The molecule has 4 heteroatoms. The maximum atomic E-state index is 5.24. The van der Waals surface area contributed by atoms with E-state index in [1.54, 1.807) is 0 Å². The molecule has 0 N–H and O–H groups in total. The molecule has 0 aliphatic heterocycles. The average Bonchev–Trinajstić information content (AvgIpc) is 3.26. The summed E-state index contributed by atoms with van der Waals surface area (Å²) in [5.41, 5.74) is 11.0. The maximum absolute atomic E-state index is 5.24. The van der Waals surface area contributed by atoms with Gasteiger partial charge in [-0.25, -0.2) is 19.9 Å². The molecule has 0 amide bonds. The van der Waals surface area contributed by atoms with Crippen LogP contribution in [0.2, 0.25) is 0 Å². The minimum atomic E-state index is 0.665. The molecule has 10 aromatic rings. The number of aromatic nitrogens is 4. The second-order valence-electron chi connectivity index (χ2n) is 13.9. The normalized spacial score (nSPS) is 11.4. The standard InChI is InChI=1S/C51H34N4/c1-33-25-26-52-50(53-33)38-18-12-17-36(27-38)39-28-40(37-23-24-46-44-21-9-8-19-42(44)43-20-10-11-22-45(43)47(46)31-37)30-41(29-39)51-54-48(34-13-4-2-5-14-34)32-49(55-51)35-15-6-3-7-16-35/h2-32H,1H3. The Balaban J connectivity index is 1.21. The highest BCUT2D eigenvalue weighted by atomic mass is 14.9. The van der Waals surface area contributed by atoms with Crippen molar-refractivity contribution in [1.82, 2.24) is 19.9 Å². The predicted molar refractivity (Wildman–Crippen MR) is 227 cm³/mol. The molecule has 4 nitrogen and oxygen atoms in total. The molecule has 258 valence electrons. The summed E-state index contributed by atoms with van der Waals surface area (Å²) in [6.45, 7) is 1.99. The summed E-state index contributed by atoms with van der Waals surface area (Å²) < 4.78 is 0. The SMILES string of the molecule is Cc1ccnc(-c2cccc(-c3cc(-c4ccc5c6ccccc6c6ccccc6c5c4)cc(-c4nc(-c5ccccc5)cc(-c5ccccc5)n4)c3)c2)n1. The van der Waals surface area contributed by atoms with Gasteiger partial charge in [0.05, 0.1) is 11.4 Å². The fraction of sp³-hybridized carbons (Fsp3) is 0.0196. The minimum absolute atomic E-state index is 0.665. The van der Waals surface area contributed by atoms with Crippen LogP contribution in [0.3, 0.4) is 0 Å². The highest BCUT2D eigenvalue weighted by Gasteiger charge is 2.16. The Labute approximate surface area is 319 Å². The quantitative estimate of drug-likeness (QED) is 0.162. The van der Waals surface area contributed by atoms with Crippen LogP contribution in [0.5, 0.6) is 0 Å². The van der Waals surface area contributed by atoms with Crippen molar-refractivity contribution in [3.8, 4) is 67.5 Å². The monoisotopic (exact) mass is 702 g/mol. The van der Waals surface area contributed by atoms with Crippen LogP contribution in [-0.4, -0.2) is 19.9 Å². The second-order valence-corrected chi connectivity index (χ2v) is 13.9. The lowest BCUT2D eigenvalue weighted by Gasteiger charge is -2.15. The van der Waals surface area contributed by atoms with Gasteiger partial charge in [0.2, 0.25) is 0 Å². The van der Waals surface area contributed by atoms with Gasteiger partial charge in [-0.3, -0.25) is 0 Å². The van der Waals surface area contributed by atoms with E-state index >= 15 is 0 Å². The summed E-state index contributed by atoms with van der Waals surface area (Å²) in [4.78, 5) is 19.8. The molecular formula is C51H34N4. The fourth-order valence-corrected chi connectivity index (χ4v) is 7.69. The lowest BCUT2D eigenvalue weighted by Crippen LogP contribution is -1.97. The van der Waals surface area contributed by atoms with Crippen molar-refractivity contribution in [3.63, 3.8) is 0 Å². The highest BCUT2D eigenvalue weighted by Crippen LogP contribution is 2.39. The van der Waals surface area contributed by atoms with Crippen LogP contribution >= 0.6 is 0 Å². The van der Waals surface area contributed by atoms with E-state index in [1.807, 2.05) is 31.3 Å². The summed E-state index contributed by atoms with van der Waals surface area (Å²) in [6.07, 6.45) is 1.82. The summed E-state index contributed by atoms with van der Waals surface area (Å²) in [6, 6.07) is 64.2. The number of aryl methyl sites for hydroxylation is 1. The predicted octanol–water partition coefficient (Wildman–Crippen LogP) is 13.0. The molecule has 8 aromatic carbocycles. The van der Waals surface area contributed by atoms with Crippen LogP contribution in [0.4, 0.5) is 0 Å². The molecule has 0 radical (unpaired) electrons. The van der Waals surface area contributed by atoms with E-state index in [0.717, 1.165) is 61.6 Å². The number of hydrogen-bond donors (Lipinski definition) is 0. The Morgan fingerprint density at radius 1 is 0.291 bits per heavy atom. The Bertz CT molecular complexity index is 2950. The molecule has 0 bridgehead atoms. The summed E-state index contributed by atoms with van der Waals surface area (Å²) >= 11 is 0. The first kappa shape index (κ1) is 32.4. The van der Waals surface area contributed by atoms with Gasteiger partial charge in [0.25, 0.3) is 0 Å². The molecule has 0 aliphatic carbocycles. The lowest BCUT2D eigenvalue weighted by atomic mass is 9.90. The van der Waals surface area contributed by atoms with Crippen LogP contribution in [-0.2, 0) is 0 Å². The molecular weight excluding hydrogens is 669 g/mol. The third-order valence-corrected chi connectivity index (χ3v) is 10.4.